The van der Waals surface area contributed by atoms with Gasteiger partial charge >= 0.3 is 37.1 Å². The molecule has 141 heavy (non-hydrogen) atoms. The molecular formula is C99H105BrCl3F18N13O7. The smallest absolute Gasteiger partial charge is 0.399 e. The molecule has 0 aliphatic carbocycles. The zero-order valence-corrected chi connectivity index (χ0v) is 83.8. The number of carbonyl (C=O) groups excluding carboxylic acids is 6. The number of amides is 6. The van der Waals surface area contributed by atoms with Crippen LogP contribution in [0.1, 0.15) is 222 Å². The van der Waals surface area contributed by atoms with Crippen molar-refractivity contribution in [2.24, 2.45) is 16.2 Å². The Morgan fingerprint density at radius 2 is 0.809 bits per heavy atom. The summed E-state index contributed by atoms with van der Waals surface area (Å²) in [5.41, 5.74) is 8.62. The van der Waals surface area contributed by atoms with Crippen molar-refractivity contribution in [3.8, 4) is 18.2 Å². The van der Waals surface area contributed by atoms with Crippen LogP contribution in [0.5, 0.6) is 0 Å². The quantitative estimate of drug-likeness (QED) is 0.0424. The van der Waals surface area contributed by atoms with Crippen LogP contribution >= 0.6 is 50.7 Å². The van der Waals surface area contributed by atoms with Crippen LogP contribution in [0.25, 0.3) is 9.69 Å². The summed E-state index contributed by atoms with van der Waals surface area (Å²) in [7, 11) is 0. The molecule has 8 aromatic carbocycles. The van der Waals surface area contributed by atoms with Gasteiger partial charge in [-0.1, -0.05) is 139 Å². The molecule has 9 N–H and O–H groups in total. The van der Waals surface area contributed by atoms with Gasteiger partial charge in [-0.05, 0) is 229 Å². The molecule has 3 aliphatic heterocycles. The number of nitrogens with zero attached hydrogens (tertiary/aromatic N) is 7. The Morgan fingerprint density at radius 1 is 0.447 bits per heavy atom. The number of nitrogen functional groups attached to an aromatic ring is 2. The van der Waals surface area contributed by atoms with Gasteiger partial charge in [0.25, 0.3) is 0 Å². The van der Waals surface area contributed by atoms with Crippen molar-refractivity contribution in [3.63, 3.8) is 0 Å². The number of anilines is 7. The Hall–Kier alpha value is -12.3. The molecule has 3 saturated heterocycles. The number of nitrogens with two attached hydrogens (primary N) is 2. The number of carbonyl (C=O) groups is 6. The second-order valence-corrected chi connectivity index (χ2v) is 37.1. The average molecular weight is 2120 g/mol. The molecule has 3 aliphatic rings. The van der Waals surface area contributed by atoms with Crippen LogP contribution < -0.4 is 42.5 Å². The molecule has 0 radical (unpaired) electrons. The number of benzene rings is 8. The molecule has 42 heteroatoms. The number of hydrogen-bond donors (Lipinski definition) is 7. The monoisotopic (exact) mass is 2110 g/mol. The van der Waals surface area contributed by atoms with E-state index in [-0.39, 0.29) is 108 Å². The Bertz CT molecular complexity index is 5910. The molecule has 0 aromatic heterocycles. The second kappa shape index (κ2) is 50.9. The van der Waals surface area contributed by atoms with E-state index in [2.05, 4.69) is 60.7 Å². The zero-order valence-electron chi connectivity index (χ0n) is 80.0. The van der Waals surface area contributed by atoms with Crippen molar-refractivity contribution in [2.75, 3.05) is 43.8 Å². The molecule has 20 nitrogen and oxygen atoms in total. The molecule has 0 unspecified atom stereocenters. The molecule has 6 amide bonds. The van der Waals surface area contributed by atoms with E-state index in [1.54, 1.807) is 73.3 Å². The fourth-order valence-electron chi connectivity index (χ4n) is 13.4. The van der Waals surface area contributed by atoms with Gasteiger partial charge in [-0.15, -0.1) is 0 Å². The van der Waals surface area contributed by atoms with Crippen LogP contribution in [0.2, 0.25) is 15.1 Å². The predicted octanol–water partition coefficient (Wildman–Crippen LogP) is 28.7. The fourth-order valence-corrected chi connectivity index (χ4v) is 14.4. The van der Waals surface area contributed by atoms with E-state index in [9.17, 15) is 113 Å². The highest BCUT2D eigenvalue weighted by Crippen LogP contribution is 2.46. The molecule has 0 saturated carbocycles. The number of aliphatic hydroxyl groups excluding tert-OH is 1. The number of nitrogens with one attached hydrogen (secondary N) is 4. The highest BCUT2D eigenvalue weighted by molar-refractivity contribution is 9.10. The summed E-state index contributed by atoms with van der Waals surface area (Å²) in [6.45, 7) is 46.3. The van der Waals surface area contributed by atoms with Crippen molar-refractivity contribution >= 4 is 137 Å². The fraction of sp³-hybridized carbons (Fsp3) is 0.404. The number of aliphatic hydroxyl groups is 1. The van der Waals surface area contributed by atoms with E-state index in [0.29, 0.717) is 47.2 Å². The predicted molar refractivity (Wildman–Crippen MR) is 512 cm³/mol. The summed E-state index contributed by atoms with van der Waals surface area (Å²) in [6, 6.07) is 28.9. The first-order chi connectivity index (χ1) is 64.6. The number of alkyl halides is 18. The van der Waals surface area contributed by atoms with Gasteiger partial charge in [-0.2, -0.15) is 94.8 Å². The normalized spacial score (nSPS) is 14.6. The first kappa shape index (κ1) is 123. The lowest BCUT2D eigenvalue weighted by Crippen LogP contribution is -2.35. The van der Waals surface area contributed by atoms with Gasteiger partial charge in [0.2, 0.25) is 35.4 Å². The van der Waals surface area contributed by atoms with Crippen molar-refractivity contribution in [2.45, 2.75) is 238 Å². The zero-order chi connectivity index (χ0) is 109. The molecular weight excluding hydrogens is 2010 g/mol. The van der Waals surface area contributed by atoms with Gasteiger partial charge < -0.3 is 47.6 Å². The molecule has 0 spiro atoms. The highest BCUT2D eigenvalue weighted by atomic mass is 79.9. The minimum absolute atomic E-state index is 0.0190. The SMILES string of the molecule is CC(C)(C)C(=O)Nc1ccc(Cl)c(C(F)(F)F)c1.CC[C@H]1CCC(=O)N1.Cc1c(Br)ccc(C#N)c1C(F)(F)F.Cc1c(N)ccc(C#N)c1C(F)(F)F.Cc1c(NC(=O)C(C)(C)C)ccc(C#N)c1C(F)(F)F.Cc1c(NC(=O)C(C)(C)C)ccc(Cl)c1C(F)(F)F.Nc1ccc(Cl)c(C(F)(F)F)c1.[C-]#[N+]c1ccc(N2C(=O)CC[C@@H]2CC)c(C)c1C.[C-]#[N+]c1ccc(N2C(=O)CC[C@@H]2CO)c(C)c1C. The lowest BCUT2D eigenvalue weighted by atomic mass is 9.94. The van der Waals surface area contributed by atoms with E-state index >= 15 is 0 Å². The largest absolute Gasteiger partial charge is 0.418 e. The van der Waals surface area contributed by atoms with Gasteiger partial charge in [-0.25, -0.2) is 9.69 Å². The molecule has 3 atom stereocenters. The van der Waals surface area contributed by atoms with Crippen molar-refractivity contribution in [1.82, 2.24) is 5.32 Å². The number of rotatable bonds is 8. The van der Waals surface area contributed by atoms with E-state index in [1.165, 1.54) is 82.3 Å². The number of nitriles is 3. The van der Waals surface area contributed by atoms with Crippen molar-refractivity contribution in [3.05, 3.63) is 246 Å². The minimum atomic E-state index is -4.64. The third kappa shape index (κ3) is 34.8. The van der Waals surface area contributed by atoms with Crippen molar-refractivity contribution < 1.29 is 113 Å². The molecule has 762 valence electrons. The molecule has 11 rings (SSSR count). The van der Waals surface area contributed by atoms with Gasteiger partial charge in [0.15, 0.2) is 11.4 Å². The average Bonchev–Trinajstić information content (AvgIpc) is 1.78. The molecule has 3 heterocycles. The van der Waals surface area contributed by atoms with Crippen LogP contribution in [0.4, 0.5) is 130 Å². The summed E-state index contributed by atoms with van der Waals surface area (Å²) >= 11 is 19.4. The van der Waals surface area contributed by atoms with Crippen LogP contribution in [0, 0.1) is 119 Å². The Morgan fingerprint density at radius 3 is 1.17 bits per heavy atom. The lowest BCUT2D eigenvalue weighted by Gasteiger charge is -2.26. The van der Waals surface area contributed by atoms with Crippen LogP contribution in [0.15, 0.2) is 114 Å². The standard InChI is InChI=1S/C15H18N2O.C14H15F3N2O.C14H16N2O2.C13H15ClF3NO.C12H13ClF3NO.C9H5BrF3N.C9H7F3N2.C7H5ClF3N.C6H11NO/c1-5-12-6-9-15(18)17(12)14-8-7-13(16-4)10(2)11(14)3;1-8-10(19-12(20)13(2,3)4)6-5-9(7-18)11(8)14(15,16)17;1-9-10(2)13(6-5-12(9)15-3)16-11(8-17)4-7-14(16)18;1-7-9(18-11(19)12(2,3)4)6-5-8(14)10(7)13(15,16)17;1-11(2,3)10(18)17-7-4-5-9(13)8(6-7)12(14,15)16;1-5-7(10)3-2-6(4-14)8(5)9(11,12)13;1-5-7(14)3-2-6(4-13)8(5)9(10,11)12;8-6-2-1-4(12)3-5(6)7(9,10)11;1-2-5-3-4-6(8)7-5/h7-8,12H,5-6,9H2,1-3H3;5-6H,1-4H3,(H,19,20);5-6,11,17H,4,7-8H2,1-2H3;5-6H,1-4H3,(H,18,19);4-6H,1-3H3,(H,17,18);2-3H,1H3;2-3H,14H2,1H3;1-3H,12H2;5H,2-4H2,1H3,(H,7,8)/t12-;;11-;;;;;;5-/m0.1.....0/s1. The van der Waals surface area contributed by atoms with Gasteiger partial charge in [0.1, 0.15) is 0 Å². The maximum atomic E-state index is 13.0. The Labute approximate surface area is 829 Å². The van der Waals surface area contributed by atoms with E-state index < -0.39 is 109 Å². The second-order valence-electron chi connectivity index (χ2n) is 35.1. The van der Waals surface area contributed by atoms with E-state index in [0.717, 1.165) is 114 Å². The third-order valence-corrected chi connectivity index (χ3v) is 23.6. The summed E-state index contributed by atoms with van der Waals surface area (Å²) in [5, 5.41) is 44.3. The van der Waals surface area contributed by atoms with E-state index in [4.69, 9.17) is 75.2 Å². The van der Waals surface area contributed by atoms with Crippen molar-refractivity contribution in [1.29, 1.82) is 15.8 Å². The summed E-state index contributed by atoms with van der Waals surface area (Å²) < 4.78 is 227. The molecule has 0 bridgehead atoms. The first-order valence-corrected chi connectivity index (χ1v) is 44.6. The maximum absolute atomic E-state index is 13.0. The molecule has 8 aromatic rings. The summed E-state index contributed by atoms with van der Waals surface area (Å²) in [4.78, 5) is 80.3. The highest BCUT2D eigenvalue weighted by Gasteiger charge is 2.43. The Balaban J connectivity index is 0.000000411. The van der Waals surface area contributed by atoms with Crippen LogP contribution in [-0.4, -0.2) is 65.3 Å². The Kier molecular flexibility index (Phi) is 44.3. The maximum Gasteiger partial charge on any atom is 0.418 e. The summed E-state index contributed by atoms with van der Waals surface area (Å²) in [5.74, 6) is -0.633. The lowest BCUT2D eigenvalue weighted by molar-refractivity contribution is -0.139. The van der Waals surface area contributed by atoms with Gasteiger partial charge in [0.05, 0.1) is 109 Å². The first-order valence-electron chi connectivity index (χ1n) is 42.7. The molecule has 3 fully saturated rings. The summed E-state index contributed by atoms with van der Waals surface area (Å²) in [6.07, 6.45) is -20.6. The van der Waals surface area contributed by atoms with Gasteiger partial charge in [-0.3, -0.25) is 28.8 Å². The van der Waals surface area contributed by atoms with E-state index in [1.807, 2.05) is 50.8 Å². The van der Waals surface area contributed by atoms with Gasteiger partial charge in [0, 0.05) is 91.9 Å². The topological polar surface area (TPSA) is 309 Å². The van der Waals surface area contributed by atoms with Crippen LogP contribution in [-0.2, 0) is 65.8 Å². The minimum Gasteiger partial charge on any atom is -0.399 e. The van der Waals surface area contributed by atoms with Crippen LogP contribution in [0.3, 0.4) is 0 Å². The third-order valence-electron chi connectivity index (χ3n) is 21.8. The number of hydrogen-bond acceptors (Lipinski definition) is 12. The number of halogens is 22.